The van der Waals surface area contributed by atoms with Gasteiger partial charge in [-0.25, -0.2) is 0 Å². The van der Waals surface area contributed by atoms with E-state index in [4.69, 9.17) is 5.73 Å². The molecule has 4 unspecified atom stereocenters. The highest BCUT2D eigenvalue weighted by molar-refractivity contribution is 5.83. The number of likely N-dealkylation sites (tertiary alicyclic amines) is 1. The minimum absolute atomic E-state index is 0.187. The Hall–Kier alpha value is -1.35. The maximum absolute atomic E-state index is 12.7. The second kappa shape index (κ2) is 5.80. The van der Waals surface area contributed by atoms with E-state index in [1.165, 1.54) is 11.1 Å². The Morgan fingerprint density at radius 1 is 1.38 bits per heavy atom. The molecule has 1 saturated carbocycles. The summed E-state index contributed by atoms with van der Waals surface area (Å²) in [5.74, 6) is 1.47. The van der Waals surface area contributed by atoms with Gasteiger partial charge < -0.3 is 10.6 Å². The summed E-state index contributed by atoms with van der Waals surface area (Å²) in [4.78, 5) is 14.8. The Bertz CT molecular complexity index is 526. The number of nitrogens with zero attached hydrogens (tertiary/aromatic N) is 1. The van der Waals surface area contributed by atoms with Gasteiger partial charge >= 0.3 is 0 Å². The largest absolute Gasteiger partial charge is 0.342 e. The highest BCUT2D eigenvalue weighted by Crippen LogP contribution is 2.49. The molecule has 2 aliphatic rings. The van der Waals surface area contributed by atoms with Crippen molar-refractivity contribution in [1.29, 1.82) is 0 Å². The number of amides is 1. The minimum atomic E-state index is 0.187. The predicted molar refractivity (Wildman–Crippen MR) is 85.0 cm³/mol. The lowest BCUT2D eigenvalue weighted by molar-refractivity contribution is -0.134. The molecule has 2 N–H and O–H groups in total. The lowest BCUT2D eigenvalue weighted by Gasteiger charge is -2.35. The van der Waals surface area contributed by atoms with E-state index >= 15 is 0 Å². The van der Waals surface area contributed by atoms with Crippen LogP contribution in [-0.2, 0) is 4.79 Å². The first-order valence-electron chi connectivity index (χ1n) is 8.18. The molecule has 21 heavy (non-hydrogen) atoms. The van der Waals surface area contributed by atoms with Gasteiger partial charge in [0.25, 0.3) is 0 Å². The van der Waals surface area contributed by atoms with Gasteiger partial charge in [-0.15, -0.1) is 0 Å². The van der Waals surface area contributed by atoms with Crippen LogP contribution < -0.4 is 5.73 Å². The Kier molecular flexibility index (Phi) is 4.03. The summed E-state index contributed by atoms with van der Waals surface area (Å²) < 4.78 is 0. The molecule has 1 aromatic rings. The summed E-state index contributed by atoms with van der Waals surface area (Å²) in [5, 5.41) is 0. The van der Waals surface area contributed by atoms with Gasteiger partial charge in [-0.3, -0.25) is 4.79 Å². The zero-order chi connectivity index (χ0) is 15.0. The topological polar surface area (TPSA) is 46.3 Å². The van der Waals surface area contributed by atoms with Crippen LogP contribution in [0.1, 0.15) is 43.2 Å². The van der Waals surface area contributed by atoms with Gasteiger partial charge in [-0.2, -0.15) is 0 Å². The first kappa shape index (κ1) is 14.6. The smallest absolute Gasteiger partial charge is 0.226 e. The van der Waals surface area contributed by atoms with Crippen LogP contribution in [0, 0.1) is 18.8 Å². The SMILES string of the molecule is Cc1ccccc1C1CC1C(=O)N1CCCC(C(C)N)C1. The molecule has 3 nitrogen and oxygen atoms in total. The molecule has 114 valence electrons. The second-order valence-electron chi connectivity index (χ2n) is 6.85. The van der Waals surface area contributed by atoms with Gasteiger partial charge in [0.15, 0.2) is 0 Å². The monoisotopic (exact) mass is 286 g/mol. The Balaban J connectivity index is 1.64. The maximum atomic E-state index is 12.7. The molecule has 2 fully saturated rings. The van der Waals surface area contributed by atoms with Crippen molar-refractivity contribution in [1.82, 2.24) is 4.90 Å². The van der Waals surface area contributed by atoms with Crippen molar-refractivity contribution in [3.63, 3.8) is 0 Å². The van der Waals surface area contributed by atoms with Crippen molar-refractivity contribution in [3.05, 3.63) is 35.4 Å². The van der Waals surface area contributed by atoms with Crippen LogP contribution in [0.15, 0.2) is 24.3 Å². The first-order valence-corrected chi connectivity index (χ1v) is 8.18. The highest BCUT2D eigenvalue weighted by atomic mass is 16.2. The number of piperidine rings is 1. The van der Waals surface area contributed by atoms with Crippen LogP contribution >= 0.6 is 0 Å². The van der Waals surface area contributed by atoms with E-state index < -0.39 is 0 Å². The third-order valence-electron chi connectivity index (χ3n) is 5.21. The molecule has 3 rings (SSSR count). The van der Waals surface area contributed by atoms with Crippen LogP contribution in [0.4, 0.5) is 0 Å². The van der Waals surface area contributed by atoms with Gasteiger partial charge in [-0.05, 0) is 56.1 Å². The number of aryl methyl sites for hydroxylation is 1. The number of carbonyl (C=O) groups excluding carboxylic acids is 1. The molecule has 0 aromatic heterocycles. The Morgan fingerprint density at radius 3 is 2.86 bits per heavy atom. The normalized spacial score (nSPS) is 30.0. The van der Waals surface area contributed by atoms with Gasteiger partial charge in [0.05, 0.1) is 0 Å². The van der Waals surface area contributed by atoms with Crippen molar-refractivity contribution in [2.75, 3.05) is 13.1 Å². The summed E-state index contributed by atoms with van der Waals surface area (Å²) >= 11 is 0. The van der Waals surface area contributed by atoms with Gasteiger partial charge in [-0.1, -0.05) is 24.3 Å². The van der Waals surface area contributed by atoms with Crippen molar-refractivity contribution >= 4 is 5.91 Å². The molecular weight excluding hydrogens is 260 g/mol. The van der Waals surface area contributed by atoms with Crippen molar-refractivity contribution < 1.29 is 4.79 Å². The average Bonchev–Trinajstić information content (AvgIpc) is 3.27. The highest BCUT2D eigenvalue weighted by Gasteiger charge is 2.46. The molecule has 0 radical (unpaired) electrons. The molecule has 0 bridgehead atoms. The fraction of sp³-hybridized carbons (Fsp3) is 0.611. The van der Waals surface area contributed by atoms with Crippen LogP contribution in [0.3, 0.4) is 0 Å². The molecule has 1 aliphatic heterocycles. The number of hydrogen-bond donors (Lipinski definition) is 1. The van der Waals surface area contributed by atoms with Gasteiger partial charge in [0.1, 0.15) is 0 Å². The number of rotatable bonds is 3. The van der Waals surface area contributed by atoms with E-state index in [2.05, 4.69) is 43.0 Å². The van der Waals surface area contributed by atoms with Crippen molar-refractivity contribution in [2.45, 2.75) is 45.1 Å². The minimum Gasteiger partial charge on any atom is -0.342 e. The molecule has 1 saturated heterocycles. The lowest BCUT2D eigenvalue weighted by Crippen LogP contribution is -2.45. The third kappa shape index (κ3) is 2.98. The predicted octanol–water partition coefficient (Wildman–Crippen LogP) is 2.68. The molecule has 0 spiro atoms. The van der Waals surface area contributed by atoms with E-state index in [9.17, 15) is 4.79 Å². The van der Waals surface area contributed by atoms with E-state index in [-0.39, 0.29) is 12.0 Å². The standard InChI is InChI=1S/C18H26N2O/c1-12-6-3-4-8-15(12)16-10-17(16)18(21)20-9-5-7-14(11-20)13(2)19/h3-4,6,8,13-14,16-17H,5,7,9-11,19H2,1-2H3. The fourth-order valence-electron chi connectivity index (χ4n) is 3.69. The number of nitrogens with two attached hydrogens (primary N) is 1. The van der Waals surface area contributed by atoms with E-state index in [0.29, 0.717) is 17.7 Å². The van der Waals surface area contributed by atoms with Crippen LogP contribution in [0.25, 0.3) is 0 Å². The molecule has 3 heteroatoms. The van der Waals surface area contributed by atoms with E-state index in [1.807, 2.05) is 0 Å². The Morgan fingerprint density at radius 2 is 2.14 bits per heavy atom. The summed E-state index contributed by atoms with van der Waals surface area (Å²) in [6.45, 7) is 5.97. The maximum Gasteiger partial charge on any atom is 0.226 e. The number of benzene rings is 1. The quantitative estimate of drug-likeness (QED) is 0.928. The third-order valence-corrected chi connectivity index (χ3v) is 5.21. The van der Waals surface area contributed by atoms with Crippen LogP contribution in [0.2, 0.25) is 0 Å². The second-order valence-corrected chi connectivity index (χ2v) is 6.85. The fourth-order valence-corrected chi connectivity index (χ4v) is 3.69. The molecule has 1 heterocycles. The van der Waals surface area contributed by atoms with Gasteiger partial charge in [0.2, 0.25) is 5.91 Å². The number of carbonyl (C=O) groups is 1. The van der Waals surface area contributed by atoms with Crippen molar-refractivity contribution in [3.8, 4) is 0 Å². The van der Waals surface area contributed by atoms with E-state index in [1.54, 1.807) is 0 Å². The molecule has 1 amide bonds. The molecule has 4 atom stereocenters. The molecular formula is C18H26N2O. The Labute approximate surface area is 127 Å². The van der Waals surface area contributed by atoms with E-state index in [0.717, 1.165) is 32.4 Å². The first-order chi connectivity index (χ1) is 10.1. The summed E-state index contributed by atoms with van der Waals surface area (Å²) in [6.07, 6.45) is 3.27. The summed E-state index contributed by atoms with van der Waals surface area (Å²) in [6, 6.07) is 8.65. The lowest BCUT2D eigenvalue weighted by atomic mass is 9.92. The summed E-state index contributed by atoms with van der Waals surface area (Å²) in [7, 11) is 0. The molecule has 1 aliphatic carbocycles. The number of hydrogen-bond acceptors (Lipinski definition) is 2. The van der Waals surface area contributed by atoms with Gasteiger partial charge in [0, 0.05) is 25.0 Å². The van der Waals surface area contributed by atoms with Crippen LogP contribution in [-0.4, -0.2) is 29.9 Å². The zero-order valence-corrected chi connectivity index (χ0v) is 13.1. The van der Waals surface area contributed by atoms with Crippen LogP contribution in [0.5, 0.6) is 0 Å². The average molecular weight is 286 g/mol. The molecule has 1 aromatic carbocycles. The van der Waals surface area contributed by atoms with Crippen molar-refractivity contribution in [2.24, 2.45) is 17.6 Å². The zero-order valence-electron chi connectivity index (χ0n) is 13.1. The summed E-state index contributed by atoms with van der Waals surface area (Å²) in [5.41, 5.74) is 8.69.